The van der Waals surface area contributed by atoms with E-state index < -0.39 is 0 Å². The van der Waals surface area contributed by atoms with Crippen LogP contribution in [-0.2, 0) is 11.8 Å². The molecule has 5 rings (SSSR count). The molecule has 0 radical (unpaired) electrons. The summed E-state index contributed by atoms with van der Waals surface area (Å²) in [4.78, 5) is 2.02. The topological polar surface area (TPSA) is 34.4 Å². The molecule has 0 bridgehead atoms. The van der Waals surface area contributed by atoms with Crippen LogP contribution in [0, 0.1) is 0 Å². The summed E-state index contributed by atoms with van der Waals surface area (Å²) in [7, 11) is 5.65. The third-order valence-corrected chi connectivity index (χ3v) is 5.65. The van der Waals surface area contributed by atoms with Gasteiger partial charge in [0.2, 0.25) is 11.5 Å². The highest BCUT2D eigenvalue weighted by Crippen LogP contribution is 2.26. The van der Waals surface area contributed by atoms with Crippen LogP contribution >= 0.6 is 0 Å². The highest BCUT2D eigenvalue weighted by atomic mass is 16.5. The number of fused-ring (bicyclic) bond motifs is 2. The van der Waals surface area contributed by atoms with E-state index >= 15 is 0 Å². The Balaban J connectivity index is 0.00000126. The molecule has 2 aromatic heterocycles. The molecule has 5 nitrogen and oxygen atoms in total. The average Bonchev–Trinajstić information content (AvgIpc) is 3.45. The molecule has 5 heteroatoms. The van der Waals surface area contributed by atoms with Crippen LogP contribution in [0.15, 0.2) is 95.4 Å². The molecule has 0 N–H and O–H groups in total. The van der Waals surface area contributed by atoms with Crippen LogP contribution < -0.4 is 9.47 Å². The van der Waals surface area contributed by atoms with Gasteiger partial charge in [-0.05, 0) is 41.8 Å². The van der Waals surface area contributed by atoms with Crippen molar-refractivity contribution >= 4 is 33.8 Å². The number of aromatic nitrogens is 2. The predicted octanol–water partition coefficient (Wildman–Crippen LogP) is 6.31. The number of aryl methyl sites for hydroxylation is 1. The van der Waals surface area contributed by atoms with E-state index in [1.54, 1.807) is 7.11 Å². The van der Waals surface area contributed by atoms with Crippen molar-refractivity contribution in [1.29, 1.82) is 0 Å². The molecule has 0 fully saturated rings. The van der Waals surface area contributed by atoms with Crippen molar-refractivity contribution in [2.45, 2.75) is 13.8 Å². The molecule has 0 amide bonds. The van der Waals surface area contributed by atoms with Crippen molar-refractivity contribution < 1.29 is 13.7 Å². The number of benzene rings is 3. The molecule has 0 unspecified atom stereocenters. The van der Waals surface area contributed by atoms with Gasteiger partial charge in [-0.2, -0.15) is 4.57 Å². The van der Waals surface area contributed by atoms with Crippen LogP contribution in [0.1, 0.15) is 19.7 Å². The summed E-state index contributed by atoms with van der Waals surface area (Å²) >= 11 is 0. The molecular formula is C28H30N3O2+. The molecule has 0 aliphatic heterocycles. The van der Waals surface area contributed by atoms with Crippen LogP contribution in [0.25, 0.3) is 33.8 Å². The largest absolute Gasteiger partial charge is 0.482 e. The van der Waals surface area contributed by atoms with Crippen molar-refractivity contribution in [1.82, 2.24) is 4.57 Å². The first-order valence-electron chi connectivity index (χ1n) is 11.2. The summed E-state index contributed by atoms with van der Waals surface area (Å²) in [5.74, 6) is 1.40. The van der Waals surface area contributed by atoms with Crippen molar-refractivity contribution in [3.8, 4) is 5.69 Å². The van der Waals surface area contributed by atoms with E-state index in [0.717, 1.165) is 28.4 Å². The zero-order valence-electron chi connectivity index (χ0n) is 19.8. The molecule has 33 heavy (non-hydrogen) atoms. The quantitative estimate of drug-likeness (QED) is 0.237. The number of rotatable bonds is 5. The Kier molecular flexibility index (Phi) is 6.50. The number of nitrogens with zero attached hydrogens (tertiary/aromatic N) is 3. The van der Waals surface area contributed by atoms with Crippen LogP contribution in [-0.4, -0.2) is 18.7 Å². The first-order chi connectivity index (χ1) is 16.2. The lowest BCUT2D eigenvalue weighted by molar-refractivity contribution is -0.652. The van der Waals surface area contributed by atoms with Gasteiger partial charge in [-0.25, -0.2) is 0 Å². The van der Waals surface area contributed by atoms with E-state index in [4.69, 9.17) is 9.15 Å². The lowest BCUT2D eigenvalue weighted by Gasteiger charge is -2.21. The van der Waals surface area contributed by atoms with E-state index in [-0.39, 0.29) is 0 Å². The Morgan fingerprint density at radius 1 is 0.970 bits per heavy atom. The molecule has 5 aromatic rings. The number of oxazole rings is 1. The van der Waals surface area contributed by atoms with E-state index in [2.05, 4.69) is 65.4 Å². The van der Waals surface area contributed by atoms with Gasteiger partial charge in [0, 0.05) is 30.7 Å². The summed E-state index contributed by atoms with van der Waals surface area (Å²) in [6, 6.07) is 26.9. The van der Waals surface area contributed by atoms with Gasteiger partial charge in [-0.1, -0.05) is 50.2 Å². The van der Waals surface area contributed by atoms with Crippen molar-refractivity contribution in [3.63, 3.8) is 0 Å². The van der Waals surface area contributed by atoms with Gasteiger partial charge in [0.1, 0.15) is 13.1 Å². The van der Waals surface area contributed by atoms with Crippen LogP contribution in [0.5, 0.6) is 0 Å². The maximum Gasteiger partial charge on any atom is 0.379 e. The van der Waals surface area contributed by atoms with Gasteiger partial charge >= 0.3 is 5.89 Å². The highest BCUT2D eigenvalue weighted by Gasteiger charge is 2.19. The number of methoxy groups -OCH3 is 1. The number of para-hydroxylation sites is 3. The lowest BCUT2D eigenvalue weighted by atomic mass is 10.2. The summed E-state index contributed by atoms with van der Waals surface area (Å²) in [5.41, 5.74) is 5.17. The first-order valence-corrected chi connectivity index (χ1v) is 11.2. The van der Waals surface area contributed by atoms with Gasteiger partial charge < -0.3 is 18.6 Å². The Morgan fingerprint density at radius 2 is 1.73 bits per heavy atom. The van der Waals surface area contributed by atoms with Gasteiger partial charge in [0.25, 0.3) is 5.52 Å². The summed E-state index contributed by atoms with van der Waals surface area (Å²) in [6.45, 7) is 4.00. The summed E-state index contributed by atoms with van der Waals surface area (Å²) < 4.78 is 16.0. The molecule has 0 aliphatic carbocycles. The molecule has 168 valence electrons. The fourth-order valence-electron chi connectivity index (χ4n) is 3.93. The van der Waals surface area contributed by atoms with Crippen LogP contribution in [0.3, 0.4) is 0 Å². The fraction of sp³-hybridized carbons (Fsp3) is 0.179. The monoisotopic (exact) mass is 440 g/mol. The Bertz CT molecular complexity index is 1410. The standard InChI is InChI=1S/C26H24N3O2.C2H6/c1-27(25(30-3)18-26-28(2)23-13-6-7-14-24(23)31-26)20-10-8-11-21(17-20)29-16-15-19-9-4-5-12-22(19)29;1-2/h4-18H,1-3H3;1-2H3/q+1;. The second kappa shape index (κ2) is 9.65. The Hall–Kier alpha value is -3.99. The third kappa shape index (κ3) is 4.22. The van der Waals surface area contributed by atoms with Crippen molar-refractivity contribution in [2.75, 3.05) is 19.1 Å². The molecule has 0 saturated heterocycles. The minimum absolute atomic E-state index is 0.684. The maximum absolute atomic E-state index is 6.02. The van der Waals surface area contributed by atoms with Crippen molar-refractivity contribution in [3.05, 3.63) is 96.8 Å². The Morgan fingerprint density at radius 3 is 2.52 bits per heavy atom. The van der Waals surface area contributed by atoms with Gasteiger partial charge in [0.05, 0.1) is 12.6 Å². The fourth-order valence-corrected chi connectivity index (χ4v) is 3.93. The van der Waals surface area contributed by atoms with E-state index in [1.807, 2.05) is 67.8 Å². The highest BCUT2D eigenvalue weighted by molar-refractivity contribution is 5.82. The smallest absolute Gasteiger partial charge is 0.379 e. The number of hydrogen-bond acceptors (Lipinski definition) is 3. The zero-order chi connectivity index (χ0) is 23.4. The van der Waals surface area contributed by atoms with E-state index in [0.29, 0.717) is 5.88 Å². The summed E-state index contributed by atoms with van der Waals surface area (Å²) in [5, 5.41) is 1.22. The number of ether oxygens (including phenoxy) is 1. The second-order valence-electron chi connectivity index (χ2n) is 7.48. The molecule has 0 aliphatic rings. The molecule has 3 aromatic carbocycles. The lowest BCUT2D eigenvalue weighted by Crippen LogP contribution is -2.30. The van der Waals surface area contributed by atoms with Gasteiger partial charge in [0.15, 0.2) is 0 Å². The van der Waals surface area contributed by atoms with Crippen LogP contribution in [0.4, 0.5) is 5.69 Å². The van der Waals surface area contributed by atoms with Crippen LogP contribution in [0.2, 0.25) is 0 Å². The molecule has 0 saturated carbocycles. The zero-order valence-corrected chi connectivity index (χ0v) is 19.8. The average molecular weight is 441 g/mol. The molecular weight excluding hydrogens is 410 g/mol. The molecule has 0 atom stereocenters. The summed E-state index contributed by atoms with van der Waals surface area (Å²) in [6.07, 6.45) is 4.02. The minimum atomic E-state index is 0.684. The maximum atomic E-state index is 6.02. The predicted molar refractivity (Wildman–Crippen MR) is 135 cm³/mol. The first kappa shape index (κ1) is 22.2. The van der Waals surface area contributed by atoms with Gasteiger partial charge in [-0.3, -0.25) is 0 Å². The number of anilines is 1. The Labute approximate surface area is 194 Å². The molecule has 0 spiro atoms. The van der Waals surface area contributed by atoms with Gasteiger partial charge in [-0.15, -0.1) is 0 Å². The third-order valence-electron chi connectivity index (χ3n) is 5.65. The SMILES string of the molecule is CC.COC(=Cc1oc2ccccc2[n+]1C)N(C)c1cccc(-n2ccc3ccccc32)c1. The normalized spacial score (nSPS) is 11.4. The second-order valence-corrected chi connectivity index (χ2v) is 7.48. The van der Waals surface area contributed by atoms with Crippen molar-refractivity contribution in [2.24, 2.45) is 7.05 Å². The van der Waals surface area contributed by atoms with E-state index in [1.165, 1.54) is 10.9 Å². The van der Waals surface area contributed by atoms with E-state index in [9.17, 15) is 0 Å². The number of hydrogen-bond donors (Lipinski definition) is 0. The molecule has 2 heterocycles. The minimum Gasteiger partial charge on any atom is -0.482 e.